The van der Waals surface area contributed by atoms with Crippen molar-refractivity contribution in [3.8, 4) is 5.75 Å². The van der Waals surface area contributed by atoms with Gasteiger partial charge in [-0.1, -0.05) is 0 Å². The molecule has 0 amide bonds. The standard InChI is InChI=1S/C12H11NO2S/c1-9-6-13-12(16-9)8-15-11-4-2-10(7-14)3-5-11/h2-7H,8H2,1H3. The molecule has 4 heteroatoms. The summed E-state index contributed by atoms with van der Waals surface area (Å²) in [6, 6.07) is 7.03. The SMILES string of the molecule is Cc1cnc(COc2ccc(C=O)cc2)s1. The second-order valence-corrected chi connectivity index (χ2v) is 4.66. The van der Waals surface area contributed by atoms with Crippen molar-refractivity contribution in [3.63, 3.8) is 0 Å². The van der Waals surface area contributed by atoms with Gasteiger partial charge < -0.3 is 4.74 Å². The van der Waals surface area contributed by atoms with Crippen molar-refractivity contribution in [1.29, 1.82) is 0 Å². The highest BCUT2D eigenvalue weighted by atomic mass is 32.1. The van der Waals surface area contributed by atoms with Crippen LogP contribution in [0.4, 0.5) is 0 Å². The van der Waals surface area contributed by atoms with Crippen LogP contribution in [-0.2, 0) is 6.61 Å². The van der Waals surface area contributed by atoms with E-state index in [9.17, 15) is 4.79 Å². The number of aromatic nitrogens is 1. The minimum absolute atomic E-state index is 0.471. The van der Waals surface area contributed by atoms with E-state index in [1.54, 1.807) is 35.6 Å². The van der Waals surface area contributed by atoms with Crippen LogP contribution in [0.15, 0.2) is 30.5 Å². The number of aldehydes is 1. The normalized spacial score (nSPS) is 10.1. The molecular formula is C12H11NO2S. The Hall–Kier alpha value is -1.68. The molecule has 0 saturated heterocycles. The fourth-order valence-electron chi connectivity index (χ4n) is 1.26. The molecule has 0 aliphatic rings. The summed E-state index contributed by atoms with van der Waals surface area (Å²) in [5.74, 6) is 0.749. The van der Waals surface area contributed by atoms with Crippen molar-refractivity contribution >= 4 is 17.6 Å². The molecule has 0 bridgehead atoms. The lowest BCUT2D eigenvalue weighted by Crippen LogP contribution is -1.94. The second-order valence-electron chi connectivity index (χ2n) is 3.34. The molecule has 1 heterocycles. The lowest BCUT2D eigenvalue weighted by atomic mass is 10.2. The first-order valence-electron chi connectivity index (χ1n) is 4.87. The number of carbonyl (C=O) groups is 1. The molecule has 0 radical (unpaired) electrons. The van der Waals surface area contributed by atoms with Crippen molar-refractivity contribution in [3.05, 3.63) is 45.9 Å². The van der Waals surface area contributed by atoms with Gasteiger partial charge in [0.15, 0.2) is 0 Å². The Morgan fingerprint density at radius 1 is 1.38 bits per heavy atom. The third-order valence-corrected chi connectivity index (χ3v) is 2.93. The van der Waals surface area contributed by atoms with Crippen LogP contribution >= 0.6 is 11.3 Å². The number of hydrogen-bond donors (Lipinski definition) is 0. The molecule has 0 aliphatic heterocycles. The molecule has 1 aromatic heterocycles. The Balaban J connectivity index is 1.96. The van der Waals surface area contributed by atoms with Crippen molar-refractivity contribution in [2.75, 3.05) is 0 Å². The fourth-order valence-corrected chi connectivity index (χ4v) is 1.96. The number of aryl methyl sites for hydroxylation is 1. The van der Waals surface area contributed by atoms with Crippen LogP contribution in [0.3, 0.4) is 0 Å². The summed E-state index contributed by atoms with van der Waals surface area (Å²) >= 11 is 1.62. The van der Waals surface area contributed by atoms with Gasteiger partial charge in [-0.25, -0.2) is 4.98 Å². The lowest BCUT2D eigenvalue weighted by Gasteiger charge is -2.03. The summed E-state index contributed by atoms with van der Waals surface area (Å²) in [4.78, 5) is 15.8. The van der Waals surface area contributed by atoms with Gasteiger partial charge in [-0.15, -0.1) is 11.3 Å². The van der Waals surface area contributed by atoms with Crippen LogP contribution in [0.5, 0.6) is 5.75 Å². The molecule has 82 valence electrons. The summed E-state index contributed by atoms with van der Waals surface area (Å²) in [5, 5.41) is 0.956. The maximum atomic E-state index is 10.5. The zero-order chi connectivity index (χ0) is 11.4. The monoisotopic (exact) mass is 233 g/mol. The maximum absolute atomic E-state index is 10.5. The zero-order valence-corrected chi connectivity index (χ0v) is 9.66. The van der Waals surface area contributed by atoms with Crippen LogP contribution in [0.2, 0.25) is 0 Å². The van der Waals surface area contributed by atoms with E-state index in [4.69, 9.17) is 4.74 Å². The van der Waals surface area contributed by atoms with Gasteiger partial charge in [0.25, 0.3) is 0 Å². The molecule has 2 rings (SSSR count). The summed E-state index contributed by atoms with van der Waals surface area (Å²) in [5.41, 5.74) is 0.650. The quantitative estimate of drug-likeness (QED) is 0.762. The molecule has 0 aliphatic carbocycles. The average molecular weight is 233 g/mol. The van der Waals surface area contributed by atoms with Gasteiger partial charge >= 0.3 is 0 Å². The number of hydrogen-bond acceptors (Lipinski definition) is 4. The van der Waals surface area contributed by atoms with E-state index >= 15 is 0 Å². The Morgan fingerprint density at radius 3 is 2.69 bits per heavy atom. The maximum Gasteiger partial charge on any atom is 0.150 e. The van der Waals surface area contributed by atoms with Gasteiger partial charge in [0.2, 0.25) is 0 Å². The van der Waals surface area contributed by atoms with Crippen molar-refractivity contribution in [1.82, 2.24) is 4.98 Å². The highest BCUT2D eigenvalue weighted by Gasteiger charge is 2.00. The Morgan fingerprint density at radius 2 is 2.12 bits per heavy atom. The molecule has 2 aromatic rings. The summed E-state index contributed by atoms with van der Waals surface area (Å²) in [6.45, 7) is 2.49. The first kappa shape index (κ1) is 10.8. The first-order chi connectivity index (χ1) is 7.78. The largest absolute Gasteiger partial charge is 0.486 e. The predicted molar refractivity (Wildman–Crippen MR) is 63.0 cm³/mol. The van der Waals surface area contributed by atoms with Crippen LogP contribution in [0.1, 0.15) is 20.2 Å². The lowest BCUT2D eigenvalue weighted by molar-refractivity contribution is 0.112. The molecule has 0 fully saturated rings. The highest BCUT2D eigenvalue weighted by molar-refractivity contribution is 7.11. The summed E-state index contributed by atoms with van der Waals surface area (Å²) in [7, 11) is 0. The number of rotatable bonds is 4. The summed E-state index contributed by atoms with van der Waals surface area (Å²) in [6.07, 6.45) is 2.65. The van der Waals surface area contributed by atoms with Crippen molar-refractivity contribution in [2.45, 2.75) is 13.5 Å². The zero-order valence-electron chi connectivity index (χ0n) is 8.84. The van der Waals surface area contributed by atoms with Crippen molar-refractivity contribution < 1.29 is 9.53 Å². The third kappa shape index (κ3) is 2.67. The number of thiazole rings is 1. The van der Waals surface area contributed by atoms with E-state index in [0.717, 1.165) is 17.0 Å². The van der Waals surface area contributed by atoms with Gasteiger partial charge in [-0.05, 0) is 31.2 Å². The third-order valence-electron chi connectivity index (χ3n) is 2.05. The number of ether oxygens (including phenoxy) is 1. The van der Waals surface area contributed by atoms with Gasteiger partial charge in [0.1, 0.15) is 23.7 Å². The van der Waals surface area contributed by atoms with E-state index in [0.29, 0.717) is 12.2 Å². The molecule has 3 nitrogen and oxygen atoms in total. The Labute approximate surface area is 97.7 Å². The van der Waals surface area contributed by atoms with E-state index in [1.807, 2.05) is 13.1 Å². The fraction of sp³-hybridized carbons (Fsp3) is 0.167. The van der Waals surface area contributed by atoms with Gasteiger partial charge in [0.05, 0.1) is 0 Å². The van der Waals surface area contributed by atoms with E-state index in [-0.39, 0.29) is 0 Å². The van der Waals surface area contributed by atoms with Gasteiger partial charge in [-0.3, -0.25) is 4.79 Å². The molecule has 0 saturated carbocycles. The van der Waals surface area contributed by atoms with Crippen LogP contribution in [0.25, 0.3) is 0 Å². The average Bonchev–Trinajstić information content (AvgIpc) is 2.73. The second kappa shape index (κ2) is 4.90. The predicted octanol–water partition coefficient (Wildman–Crippen LogP) is 2.84. The minimum Gasteiger partial charge on any atom is -0.486 e. The first-order valence-corrected chi connectivity index (χ1v) is 5.69. The number of carbonyl (C=O) groups excluding carboxylic acids is 1. The van der Waals surface area contributed by atoms with Crippen molar-refractivity contribution in [2.24, 2.45) is 0 Å². The van der Waals surface area contributed by atoms with E-state index < -0.39 is 0 Å². The number of nitrogens with zero attached hydrogens (tertiary/aromatic N) is 1. The summed E-state index contributed by atoms with van der Waals surface area (Å²) < 4.78 is 5.54. The molecule has 1 aromatic carbocycles. The topological polar surface area (TPSA) is 39.2 Å². The number of benzene rings is 1. The molecule has 0 N–H and O–H groups in total. The minimum atomic E-state index is 0.471. The Kier molecular flexibility index (Phi) is 3.31. The van der Waals surface area contributed by atoms with Crippen LogP contribution in [0, 0.1) is 6.92 Å². The molecule has 0 spiro atoms. The molecule has 0 unspecified atom stereocenters. The molecule has 16 heavy (non-hydrogen) atoms. The Bertz CT molecular complexity index is 476. The van der Waals surface area contributed by atoms with Crippen LogP contribution < -0.4 is 4.74 Å². The van der Waals surface area contributed by atoms with E-state index in [1.165, 1.54) is 4.88 Å². The van der Waals surface area contributed by atoms with Gasteiger partial charge in [-0.2, -0.15) is 0 Å². The smallest absolute Gasteiger partial charge is 0.150 e. The van der Waals surface area contributed by atoms with Gasteiger partial charge in [0, 0.05) is 16.6 Å². The molecule has 0 atom stereocenters. The highest BCUT2D eigenvalue weighted by Crippen LogP contribution is 2.16. The van der Waals surface area contributed by atoms with Crippen LogP contribution in [-0.4, -0.2) is 11.3 Å². The van der Waals surface area contributed by atoms with E-state index in [2.05, 4.69) is 4.98 Å². The molecular weight excluding hydrogens is 222 g/mol.